The normalized spacial score (nSPS) is 15.8. The SMILES string of the molecule is Cl.Fc1ccc(COCC2CCN(Cc3ccc(Cl)cc3)CC2)cc1. The second-order valence-corrected chi connectivity index (χ2v) is 6.92. The molecule has 0 amide bonds. The van der Waals surface area contributed by atoms with E-state index in [0.717, 1.165) is 49.7 Å². The van der Waals surface area contributed by atoms with Gasteiger partial charge in [0.15, 0.2) is 0 Å². The van der Waals surface area contributed by atoms with Crippen LogP contribution in [0.25, 0.3) is 0 Å². The Hall–Kier alpha value is -1.13. The van der Waals surface area contributed by atoms with Gasteiger partial charge in [-0.15, -0.1) is 12.4 Å². The molecule has 5 heteroatoms. The summed E-state index contributed by atoms with van der Waals surface area (Å²) in [5.74, 6) is 0.415. The molecule has 3 rings (SSSR count). The van der Waals surface area contributed by atoms with Gasteiger partial charge in [0, 0.05) is 18.2 Å². The van der Waals surface area contributed by atoms with Crippen LogP contribution in [0.5, 0.6) is 0 Å². The summed E-state index contributed by atoms with van der Waals surface area (Å²) < 4.78 is 18.7. The quantitative estimate of drug-likeness (QED) is 0.668. The van der Waals surface area contributed by atoms with Crippen molar-refractivity contribution in [2.45, 2.75) is 26.0 Å². The number of halogens is 3. The van der Waals surface area contributed by atoms with Crippen molar-refractivity contribution in [3.8, 4) is 0 Å². The maximum Gasteiger partial charge on any atom is 0.123 e. The van der Waals surface area contributed by atoms with E-state index in [-0.39, 0.29) is 18.2 Å². The molecule has 0 atom stereocenters. The van der Waals surface area contributed by atoms with Crippen molar-refractivity contribution in [1.82, 2.24) is 4.90 Å². The molecule has 0 N–H and O–H groups in total. The topological polar surface area (TPSA) is 12.5 Å². The number of benzene rings is 2. The zero-order valence-electron chi connectivity index (χ0n) is 14.2. The van der Waals surface area contributed by atoms with Crippen LogP contribution in [-0.2, 0) is 17.9 Å². The third-order valence-corrected chi connectivity index (χ3v) is 4.81. The number of rotatable bonds is 6. The first kappa shape index (κ1) is 20.2. The van der Waals surface area contributed by atoms with Crippen LogP contribution in [0.4, 0.5) is 4.39 Å². The Kier molecular flexibility index (Phi) is 8.17. The zero-order valence-corrected chi connectivity index (χ0v) is 15.7. The molecule has 0 unspecified atom stereocenters. The fraction of sp³-hybridized carbons (Fsp3) is 0.400. The molecule has 0 radical (unpaired) electrons. The first-order chi connectivity index (χ1) is 11.7. The highest BCUT2D eigenvalue weighted by Crippen LogP contribution is 2.20. The van der Waals surface area contributed by atoms with Crippen molar-refractivity contribution >= 4 is 24.0 Å². The Morgan fingerprint density at radius 1 is 0.960 bits per heavy atom. The van der Waals surface area contributed by atoms with Crippen molar-refractivity contribution < 1.29 is 9.13 Å². The van der Waals surface area contributed by atoms with Gasteiger partial charge in [-0.1, -0.05) is 35.9 Å². The van der Waals surface area contributed by atoms with Crippen LogP contribution in [0.1, 0.15) is 24.0 Å². The maximum absolute atomic E-state index is 12.9. The summed E-state index contributed by atoms with van der Waals surface area (Å²) in [6.07, 6.45) is 2.33. The standard InChI is InChI=1S/C20H23ClFNO.ClH/c21-19-5-1-16(2-6-19)13-23-11-9-18(10-12-23)15-24-14-17-3-7-20(22)8-4-17;/h1-8,18H,9-15H2;1H. The Morgan fingerprint density at radius 3 is 2.20 bits per heavy atom. The fourth-order valence-corrected chi connectivity index (χ4v) is 3.21. The van der Waals surface area contributed by atoms with E-state index in [0.29, 0.717) is 12.5 Å². The predicted molar refractivity (Wildman–Crippen MR) is 103 cm³/mol. The van der Waals surface area contributed by atoms with Gasteiger partial charge < -0.3 is 4.74 Å². The number of hydrogen-bond acceptors (Lipinski definition) is 2. The second kappa shape index (κ2) is 10.1. The molecule has 1 fully saturated rings. The Balaban J connectivity index is 0.00000225. The van der Waals surface area contributed by atoms with Gasteiger partial charge in [0.2, 0.25) is 0 Å². The molecule has 2 aromatic carbocycles. The molecule has 2 nitrogen and oxygen atoms in total. The van der Waals surface area contributed by atoms with Crippen molar-refractivity contribution in [1.29, 1.82) is 0 Å². The van der Waals surface area contributed by atoms with E-state index in [1.807, 2.05) is 12.1 Å². The number of ether oxygens (including phenoxy) is 1. The predicted octanol–water partition coefficient (Wildman–Crippen LogP) is 5.33. The molecule has 1 aliphatic rings. The van der Waals surface area contributed by atoms with Gasteiger partial charge in [-0.2, -0.15) is 0 Å². The summed E-state index contributed by atoms with van der Waals surface area (Å²) in [4.78, 5) is 2.49. The zero-order chi connectivity index (χ0) is 16.8. The monoisotopic (exact) mass is 383 g/mol. The van der Waals surface area contributed by atoms with Crippen molar-refractivity contribution in [2.75, 3.05) is 19.7 Å². The summed E-state index contributed by atoms with van der Waals surface area (Å²) in [6, 6.07) is 14.6. The number of piperidine rings is 1. The minimum absolute atomic E-state index is 0. The van der Waals surface area contributed by atoms with Crippen molar-refractivity contribution in [2.24, 2.45) is 5.92 Å². The molecule has 1 saturated heterocycles. The van der Waals surface area contributed by atoms with Gasteiger partial charge in [0.05, 0.1) is 6.61 Å². The minimum Gasteiger partial charge on any atom is -0.376 e. The van der Waals surface area contributed by atoms with Gasteiger partial charge in [-0.05, 0) is 67.2 Å². The van der Waals surface area contributed by atoms with Gasteiger partial charge in [0.25, 0.3) is 0 Å². The lowest BCUT2D eigenvalue weighted by Gasteiger charge is -2.31. The molecule has 1 aliphatic heterocycles. The Labute approximate surface area is 160 Å². The van der Waals surface area contributed by atoms with Crippen LogP contribution in [-0.4, -0.2) is 24.6 Å². The summed E-state index contributed by atoms with van der Waals surface area (Å²) in [5, 5.41) is 0.788. The summed E-state index contributed by atoms with van der Waals surface area (Å²) in [7, 11) is 0. The lowest BCUT2D eigenvalue weighted by atomic mass is 9.97. The smallest absolute Gasteiger partial charge is 0.123 e. The van der Waals surface area contributed by atoms with E-state index in [9.17, 15) is 4.39 Å². The number of likely N-dealkylation sites (tertiary alicyclic amines) is 1. The van der Waals surface area contributed by atoms with Crippen LogP contribution in [0.15, 0.2) is 48.5 Å². The molecule has 2 aromatic rings. The van der Waals surface area contributed by atoms with E-state index >= 15 is 0 Å². The molecule has 136 valence electrons. The molecule has 0 saturated carbocycles. The minimum atomic E-state index is -0.202. The Morgan fingerprint density at radius 2 is 1.56 bits per heavy atom. The Bertz CT molecular complexity index is 625. The van der Waals surface area contributed by atoms with Crippen molar-refractivity contribution in [3.05, 3.63) is 70.5 Å². The number of nitrogens with zero attached hydrogens (tertiary/aromatic N) is 1. The molecule has 0 spiro atoms. The third kappa shape index (κ3) is 6.59. The summed E-state index contributed by atoms with van der Waals surface area (Å²) >= 11 is 5.93. The average molecular weight is 384 g/mol. The fourth-order valence-electron chi connectivity index (χ4n) is 3.08. The van der Waals surface area contributed by atoms with E-state index in [1.165, 1.54) is 17.7 Å². The van der Waals surface area contributed by atoms with Gasteiger partial charge in [0.1, 0.15) is 5.82 Å². The largest absolute Gasteiger partial charge is 0.376 e. The third-order valence-electron chi connectivity index (χ3n) is 4.56. The lowest BCUT2D eigenvalue weighted by molar-refractivity contribution is 0.0562. The molecule has 1 heterocycles. The van der Waals surface area contributed by atoms with E-state index in [4.69, 9.17) is 16.3 Å². The van der Waals surface area contributed by atoms with Gasteiger partial charge in [-0.3, -0.25) is 4.90 Å². The lowest BCUT2D eigenvalue weighted by Crippen LogP contribution is -2.34. The van der Waals surface area contributed by atoms with E-state index in [2.05, 4.69) is 17.0 Å². The molecule has 25 heavy (non-hydrogen) atoms. The maximum atomic E-state index is 12.9. The van der Waals surface area contributed by atoms with Gasteiger partial charge in [-0.25, -0.2) is 4.39 Å². The molecule has 0 bridgehead atoms. The van der Waals surface area contributed by atoms with E-state index in [1.54, 1.807) is 12.1 Å². The van der Waals surface area contributed by atoms with E-state index < -0.39 is 0 Å². The van der Waals surface area contributed by atoms with Crippen LogP contribution in [0.2, 0.25) is 5.02 Å². The van der Waals surface area contributed by atoms with Crippen LogP contribution in [0.3, 0.4) is 0 Å². The van der Waals surface area contributed by atoms with Crippen LogP contribution in [0, 0.1) is 11.7 Å². The highest BCUT2D eigenvalue weighted by molar-refractivity contribution is 6.30. The first-order valence-electron chi connectivity index (χ1n) is 8.48. The molecular formula is C20H24Cl2FNO. The molecule has 0 aliphatic carbocycles. The van der Waals surface area contributed by atoms with Gasteiger partial charge >= 0.3 is 0 Å². The summed E-state index contributed by atoms with van der Waals surface area (Å²) in [5.41, 5.74) is 2.34. The highest BCUT2D eigenvalue weighted by Gasteiger charge is 2.19. The van der Waals surface area contributed by atoms with Crippen LogP contribution >= 0.6 is 24.0 Å². The van der Waals surface area contributed by atoms with Crippen LogP contribution < -0.4 is 0 Å². The highest BCUT2D eigenvalue weighted by atomic mass is 35.5. The molecule has 0 aromatic heterocycles. The first-order valence-corrected chi connectivity index (χ1v) is 8.86. The molecular weight excluding hydrogens is 360 g/mol. The summed E-state index contributed by atoms with van der Waals surface area (Å²) in [6.45, 7) is 4.54. The van der Waals surface area contributed by atoms with Crippen molar-refractivity contribution in [3.63, 3.8) is 0 Å². The second-order valence-electron chi connectivity index (χ2n) is 6.49. The average Bonchev–Trinajstić information content (AvgIpc) is 2.60. The number of hydrogen-bond donors (Lipinski definition) is 0.